The van der Waals surface area contributed by atoms with Crippen LogP contribution in [0, 0.1) is 5.92 Å². The minimum atomic E-state index is -0.937. The molecule has 2 unspecified atom stereocenters. The molecule has 1 aromatic heterocycles. The first-order chi connectivity index (χ1) is 9.16. The van der Waals surface area contributed by atoms with Crippen molar-refractivity contribution in [2.24, 2.45) is 5.92 Å². The summed E-state index contributed by atoms with van der Waals surface area (Å²) in [5, 5.41) is 11.7. The van der Waals surface area contributed by atoms with Crippen LogP contribution >= 0.6 is 0 Å². The van der Waals surface area contributed by atoms with Gasteiger partial charge in [-0.15, -0.1) is 0 Å². The fourth-order valence-corrected chi connectivity index (χ4v) is 2.01. The Hall–Kier alpha value is -1.95. The van der Waals surface area contributed by atoms with E-state index in [0.29, 0.717) is 12.8 Å². The number of aliphatic carboxylic acids is 1. The molecular weight excluding hydrogens is 248 g/mol. The van der Waals surface area contributed by atoms with E-state index in [1.165, 1.54) is 0 Å². The molecule has 0 aromatic carbocycles. The minimum absolute atomic E-state index is 0.153. The van der Waals surface area contributed by atoms with Gasteiger partial charge in [0.25, 0.3) is 0 Å². The molecule has 6 nitrogen and oxygen atoms in total. The number of pyridine rings is 1. The third-order valence-corrected chi connectivity index (χ3v) is 3.08. The lowest BCUT2D eigenvalue weighted by Crippen LogP contribution is -2.42. The summed E-state index contributed by atoms with van der Waals surface area (Å²) in [5.74, 6) is -1.77. The monoisotopic (exact) mass is 264 g/mol. The van der Waals surface area contributed by atoms with E-state index in [9.17, 15) is 9.59 Å². The number of hydrogen-bond donors (Lipinski definition) is 2. The van der Waals surface area contributed by atoms with Crippen LogP contribution in [-0.4, -0.2) is 41.2 Å². The Balaban J connectivity index is 1.80. The molecule has 19 heavy (non-hydrogen) atoms. The molecular formula is C13H16N2O4. The quantitative estimate of drug-likeness (QED) is 0.794. The standard InChI is InChI=1S/C13H16N2O4/c16-12(5-4-9-3-1-2-6-14-9)15-11-8-19-7-10(11)13(17)18/h1-3,6,10-11H,4-5,7-8H2,(H,15,16)(H,17,18). The van der Waals surface area contributed by atoms with Gasteiger partial charge < -0.3 is 15.2 Å². The van der Waals surface area contributed by atoms with E-state index in [0.717, 1.165) is 5.69 Å². The molecule has 2 rings (SSSR count). The molecule has 1 saturated heterocycles. The normalized spacial score (nSPS) is 22.1. The molecule has 2 atom stereocenters. The number of carbonyl (C=O) groups excluding carboxylic acids is 1. The van der Waals surface area contributed by atoms with Gasteiger partial charge in [-0.2, -0.15) is 0 Å². The summed E-state index contributed by atoms with van der Waals surface area (Å²) in [5.41, 5.74) is 0.843. The van der Waals surface area contributed by atoms with Crippen molar-refractivity contribution in [3.05, 3.63) is 30.1 Å². The van der Waals surface area contributed by atoms with Crippen LogP contribution in [0.25, 0.3) is 0 Å². The van der Waals surface area contributed by atoms with Crippen molar-refractivity contribution < 1.29 is 19.4 Å². The van der Waals surface area contributed by atoms with Gasteiger partial charge >= 0.3 is 5.97 Å². The molecule has 0 spiro atoms. The highest BCUT2D eigenvalue weighted by atomic mass is 16.5. The second-order valence-electron chi connectivity index (χ2n) is 4.48. The van der Waals surface area contributed by atoms with Gasteiger partial charge in [0.15, 0.2) is 0 Å². The number of nitrogens with zero attached hydrogens (tertiary/aromatic N) is 1. The zero-order chi connectivity index (χ0) is 13.7. The molecule has 0 bridgehead atoms. The molecule has 6 heteroatoms. The predicted octanol–water partition coefficient (Wildman–Crippen LogP) is 0.230. The van der Waals surface area contributed by atoms with Crippen molar-refractivity contribution in [1.29, 1.82) is 0 Å². The lowest BCUT2D eigenvalue weighted by atomic mass is 10.0. The molecule has 1 amide bonds. The minimum Gasteiger partial charge on any atom is -0.481 e. The molecule has 2 heterocycles. The Bertz CT molecular complexity index is 449. The Kier molecular flexibility index (Phi) is 4.46. The molecule has 0 radical (unpaired) electrons. The van der Waals surface area contributed by atoms with Crippen LogP contribution in [0.5, 0.6) is 0 Å². The Morgan fingerprint density at radius 1 is 1.42 bits per heavy atom. The number of amides is 1. The summed E-state index contributed by atoms with van der Waals surface area (Å²) in [6.45, 7) is 0.410. The van der Waals surface area contributed by atoms with Gasteiger partial charge in [0.05, 0.1) is 19.3 Å². The van der Waals surface area contributed by atoms with Crippen molar-refractivity contribution in [2.75, 3.05) is 13.2 Å². The van der Waals surface area contributed by atoms with E-state index in [4.69, 9.17) is 9.84 Å². The third-order valence-electron chi connectivity index (χ3n) is 3.08. The first-order valence-corrected chi connectivity index (χ1v) is 6.16. The SMILES string of the molecule is O=C(CCc1ccccn1)NC1COCC1C(=O)O. The lowest BCUT2D eigenvalue weighted by molar-refractivity contribution is -0.142. The number of carbonyl (C=O) groups is 2. The summed E-state index contributed by atoms with van der Waals surface area (Å²) in [6.07, 6.45) is 2.51. The van der Waals surface area contributed by atoms with Crippen LogP contribution in [0.4, 0.5) is 0 Å². The smallest absolute Gasteiger partial charge is 0.311 e. The number of ether oxygens (including phenoxy) is 1. The van der Waals surface area contributed by atoms with Crippen LogP contribution in [-0.2, 0) is 20.7 Å². The molecule has 1 aliphatic rings. The summed E-state index contributed by atoms with van der Waals surface area (Å²) in [7, 11) is 0. The number of nitrogens with one attached hydrogen (secondary N) is 1. The molecule has 1 aliphatic heterocycles. The summed E-state index contributed by atoms with van der Waals surface area (Å²) < 4.78 is 5.09. The number of hydrogen-bond acceptors (Lipinski definition) is 4. The van der Waals surface area contributed by atoms with Gasteiger partial charge in [0.2, 0.25) is 5.91 Å². The average Bonchev–Trinajstić information content (AvgIpc) is 2.86. The second kappa shape index (κ2) is 6.29. The highest BCUT2D eigenvalue weighted by molar-refractivity contribution is 5.78. The highest BCUT2D eigenvalue weighted by Crippen LogP contribution is 2.14. The van der Waals surface area contributed by atoms with E-state index >= 15 is 0 Å². The fourth-order valence-electron chi connectivity index (χ4n) is 2.01. The highest BCUT2D eigenvalue weighted by Gasteiger charge is 2.34. The average molecular weight is 264 g/mol. The molecule has 0 saturated carbocycles. The topological polar surface area (TPSA) is 88.5 Å². The van der Waals surface area contributed by atoms with Crippen LogP contribution in [0.2, 0.25) is 0 Å². The zero-order valence-electron chi connectivity index (χ0n) is 10.4. The van der Waals surface area contributed by atoms with Crippen LogP contribution in [0.15, 0.2) is 24.4 Å². The van der Waals surface area contributed by atoms with Gasteiger partial charge in [-0.3, -0.25) is 14.6 Å². The van der Waals surface area contributed by atoms with Crippen LogP contribution in [0.1, 0.15) is 12.1 Å². The van der Waals surface area contributed by atoms with Gasteiger partial charge in [0, 0.05) is 18.3 Å². The maximum atomic E-state index is 11.8. The molecule has 0 aliphatic carbocycles. The first kappa shape index (κ1) is 13.5. The maximum Gasteiger partial charge on any atom is 0.311 e. The molecule has 2 N–H and O–H groups in total. The zero-order valence-corrected chi connectivity index (χ0v) is 10.4. The van der Waals surface area contributed by atoms with E-state index < -0.39 is 17.9 Å². The molecule has 1 fully saturated rings. The lowest BCUT2D eigenvalue weighted by Gasteiger charge is -2.15. The van der Waals surface area contributed by atoms with E-state index in [1.54, 1.807) is 6.20 Å². The maximum absolute atomic E-state index is 11.8. The van der Waals surface area contributed by atoms with E-state index in [2.05, 4.69) is 10.3 Å². The Morgan fingerprint density at radius 3 is 2.95 bits per heavy atom. The largest absolute Gasteiger partial charge is 0.481 e. The van der Waals surface area contributed by atoms with Gasteiger partial charge in [-0.05, 0) is 18.6 Å². The van der Waals surface area contributed by atoms with Gasteiger partial charge in [0.1, 0.15) is 5.92 Å². The number of carboxylic acids is 1. The number of rotatable bonds is 5. The van der Waals surface area contributed by atoms with Crippen LogP contribution < -0.4 is 5.32 Å². The van der Waals surface area contributed by atoms with E-state index in [1.807, 2.05) is 18.2 Å². The molecule has 102 valence electrons. The van der Waals surface area contributed by atoms with Crippen LogP contribution in [0.3, 0.4) is 0 Å². The number of carboxylic acid groups (broad SMARTS) is 1. The van der Waals surface area contributed by atoms with E-state index in [-0.39, 0.29) is 19.1 Å². The van der Waals surface area contributed by atoms with Gasteiger partial charge in [-0.25, -0.2) is 0 Å². The second-order valence-corrected chi connectivity index (χ2v) is 4.48. The fraction of sp³-hybridized carbons (Fsp3) is 0.462. The van der Waals surface area contributed by atoms with Crippen molar-refractivity contribution in [3.8, 4) is 0 Å². The summed E-state index contributed by atoms with van der Waals surface area (Å²) in [6, 6.07) is 5.10. The Morgan fingerprint density at radius 2 is 2.26 bits per heavy atom. The van der Waals surface area contributed by atoms with Crippen molar-refractivity contribution in [1.82, 2.24) is 10.3 Å². The van der Waals surface area contributed by atoms with Gasteiger partial charge in [-0.1, -0.05) is 6.07 Å². The summed E-state index contributed by atoms with van der Waals surface area (Å²) in [4.78, 5) is 26.8. The molecule has 1 aromatic rings. The number of aryl methyl sites for hydroxylation is 1. The third kappa shape index (κ3) is 3.75. The van der Waals surface area contributed by atoms with Crippen molar-refractivity contribution >= 4 is 11.9 Å². The number of aromatic nitrogens is 1. The predicted molar refractivity (Wildman–Crippen MR) is 66.4 cm³/mol. The first-order valence-electron chi connectivity index (χ1n) is 6.16. The summed E-state index contributed by atoms with van der Waals surface area (Å²) >= 11 is 0. The van der Waals surface area contributed by atoms with Crippen molar-refractivity contribution in [3.63, 3.8) is 0 Å². The van der Waals surface area contributed by atoms with Crippen molar-refractivity contribution in [2.45, 2.75) is 18.9 Å². The Labute approximate surface area is 110 Å².